The highest BCUT2D eigenvalue weighted by atomic mass is 16.4. The Morgan fingerprint density at radius 3 is 2.80 bits per heavy atom. The molecule has 1 aromatic heterocycles. The molecule has 0 bridgehead atoms. The van der Waals surface area contributed by atoms with Gasteiger partial charge in [-0.3, -0.25) is 9.48 Å². The third-order valence-electron chi connectivity index (χ3n) is 3.55. The first kappa shape index (κ1) is 16.7. The number of hydrogen-bond donors (Lipinski definition) is 2. The molecule has 20 heavy (non-hydrogen) atoms. The van der Waals surface area contributed by atoms with E-state index in [1.54, 1.807) is 0 Å². The quantitative estimate of drug-likeness (QED) is 0.646. The van der Waals surface area contributed by atoms with E-state index in [2.05, 4.69) is 37.3 Å². The van der Waals surface area contributed by atoms with E-state index >= 15 is 0 Å². The molecular formula is C15H27N3O2. The van der Waals surface area contributed by atoms with Crippen molar-refractivity contribution in [3.8, 4) is 0 Å². The van der Waals surface area contributed by atoms with Crippen LogP contribution in [0.3, 0.4) is 0 Å². The fourth-order valence-corrected chi connectivity index (χ4v) is 2.18. The van der Waals surface area contributed by atoms with Crippen molar-refractivity contribution in [2.45, 2.75) is 59.5 Å². The second kappa shape index (κ2) is 8.74. The molecule has 1 atom stereocenters. The molecule has 0 saturated heterocycles. The Morgan fingerprint density at radius 2 is 2.20 bits per heavy atom. The van der Waals surface area contributed by atoms with Crippen molar-refractivity contribution in [1.29, 1.82) is 0 Å². The second-order valence-electron chi connectivity index (χ2n) is 5.30. The zero-order chi connectivity index (χ0) is 15.0. The maximum atomic E-state index is 10.5. The second-order valence-corrected chi connectivity index (χ2v) is 5.30. The summed E-state index contributed by atoms with van der Waals surface area (Å²) in [7, 11) is 0. The first-order valence-corrected chi connectivity index (χ1v) is 7.54. The minimum Gasteiger partial charge on any atom is -0.481 e. The summed E-state index contributed by atoms with van der Waals surface area (Å²) in [6.45, 7) is 8.96. The van der Waals surface area contributed by atoms with Crippen LogP contribution in [0.4, 0.5) is 0 Å². The third-order valence-corrected chi connectivity index (χ3v) is 3.55. The van der Waals surface area contributed by atoms with Crippen LogP contribution in [0, 0.1) is 5.92 Å². The van der Waals surface area contributed by atoms with Gasteiger partial charge >= 0.3 is 5.97 Å². The lowest BCUT2D eigenvalue weighted by molar-refractivity contribution is -0.137. The van der Waals surface area contributed by atoms with Crippen molar-refractivity contribution < 1.29 is 9.90 Å². The maximum absolute atomic E-state index is 10.5. The third kappa shape index (κ3) is 5.74. The van der Waals surface area contributed by atoms with Gasteiger partial charge in [0.25, 0.3) is 0 Å². The van der Waals surface area contributed by atoms with Crippen LogP contribution in [0.25, 0.3) is 0 Å². The molecule has 0 aliphatic heterocycles. The Hall–Kier alpha value is -1.36. The van der Waals surface area contributed by atoms with Gasteiger partial charge in [0, 0.05) is 19.5 Å². The standard InChI is InChI=1S/C15H27N3O2/c1-4-13-10-14(18(5-2)17-13)11-16-9-8-12(3)6-7-15(19)20/h10,12,16H,4-9,11H2,1-3H3,(H,19,20). The predicted octanol–water partition coefficient (Wildman–Crippen LogP) is 2.45. The molecule has 0 aliphatic carbocycles. The van der Waals surface area contributed by atoms with Crippen molar-refractivity contribution in [3.05, 3.63) is 17.5 Å². The smallest absolute Gasteiger partial charge is 0.303 e. The number of aryl methyl sites for hydroxylation is 2. The summed E-state index contributed by atoms with van der Waals surface area (Å²) in [6.07, 6.45) is 2.99. The van der Waals surface area contributed by atoms with Gasteiger partial charge < -0.3 is 10.4 Å². The zero-order valence-electron chi connectivity index (χ0n) is 12.9. The van der Waals surface area contributed by atoms with E-state index in [9.17, 15) is 4.79 Å². The van der Waals surface area contributed by atoms with Gasteiger partial charge in [-0.15, -0.1) is 0 Å². The van der Waals surface area contributed by atoms with Crippen LogP contribution in [-0.4, -0.2) is 27.4 Å². The number of nitrogens with one attached hydrogen (secondary N) is 1. The summed E-state index contributed by atoms with van der Waals surface area (Å²) in [5.74, 6) is -0.260. The van der Waals surface area contributed by atoms with Crippen LogP contribution in [0.15, 0.2) is 6.07 Å². The van der Waals surface area contributed by atoms with Crippen LogP contribution >= 0.6 is 0 Å². The molecular weight excluding hydrogens is 254 g/mol. The number of aromatic nitrogens is 2. The van der Waals surface area contributed by atoms with Gasteiger partial charge in [-0.05, 0) is 44.7 Å². The summed E-state index contributed by atoms with van der Waals surface area (Å²) in [6, 6.07) is 2.16. The van der Waals surface area contributed by atoms with E-state index < -0.39 is 5.97 Å². The van der Waals surface area contributed by atoms with Crippen molar-refractivity contribution in [2.75, 3.05) is 6.54 Å². The van der Waals surface area contributed by atoms with Crippen molar-refractivity contribution in [1.82, 2.24) is 15.1 Å². The highest BCUT2D eigenvalue weighted by molar-refractivity contribution is 5.66. The molecule has 114 valence electrons. The minimum atomic E-state index is -0.705. The predicted molar refractivity (Wildman–Crippen MR) is 79.6 cm³/mol. The molecule has 2 N–H and O–H groups in total. The van der Waals surface area contributed by atoms with Gasteiger partial charge in [0.05, 0.1) is 11.4 Å². The van der Waals surface area contributed by atoms with Gasteiger partial charge in [-0.2, -0.15) is 5.10 Å². The molecule has 1 aromatic rings. The van der Waals surface area contributed by atoms with Crippen LogP contribution in [0.2, 0.25) is 0 Å². The van der Waals surface area contributed by atoms with Gasteiger partial charge in [0.2, 0.25) is 0 Å². The van der Waals surface area contributed by atoms with Crippen LogP contribution in [0.5, 0.6) is 0 Å². The lowest BCUT2D eigenvalue weighted by atomic mass is 10.0. The number of aliphatic carboxylic acids is 1. The molecule has 0 aliphatic rings. The largest absolute Gasteiger partial charge is 0.481 e. The van der Waals surface area contributed by atoms with Crippen LogP contribution in [-0.2, 0) is 24.3 Å². The van der Waals surface area contributed by atoms with E-state index in [1.165, 1.54) is 5.69 Å². The average molecular weight is 281 g/mol. The van der Waals surface area contributed by atoms with E-state index in [4.69, 9.17) is 5.11 Å². The Bertz CT molecular complexity index is 415. The normalized spacial score (nSPS) is 12.6. The lowest BCUT2D eigenvalue weighted by Gasteiger charge is -2.11. The lowest BCUT2D eigenvalue weighted by Crippen LogP contribution is -2.19. The zero-order valence-corrected chi connectivity index (χ0v) is 12.9. The number of carboxylic acids is 1. The van der Waals surface area contributed by atoms with Crippen LogP contribution in [0.1, 0.15) is 51.4 Å². The molecule has 0 amide bonds. The van der Waals surface area contributed by atoms with Gasteiger partial charge in [-0.1, -0.05) is 13.8 Å². The summed E-state index contributed by atoms with van der Waals surface area (Å²) in [5, 5.41) is 16.6. The van der Waals surface area contributed by atoms with Crippen LogP contribution < -0.4 is 5.32 Å². The molecule has 0 saturated carbocycles. The Balaban J connectivity index is 2.26. The maximum Gasteiger partial charge on any atom is 0.303 e. The Labute approximate surface area is 121 Å². The van der Waals surface area contributed by atoms with Crippen molar-refractivity contribution in [2.24, 2.45) is 5.92 Å². The van der Waals surface area contributed by atoms with Gasteiger partial charge in [0.1, 0.15) is 0 Å². The summed E-state index contributed by atoms with van der Waals surface area (Å²) in [5.41, 5.74) is 2.36. The van der Waals surface area contributed by atoms with E-state index in [0.29, 0.717) is 5.92 Å². The topological polar surface area (TPSA) is 67.2 Å². The number of rotatable bonds is 10. The molecule has 0 radical (unpaired) electrons. The summed E-state index contributed by atoms with van der Waals surface area (Å²) >= 11 is 0. The highest BCUT2D eigenvalue weighted by Crippen LogP contribution is 2.10. The minimum absolute atomic E-state index is 0.267. The molecule has 0 aromatic carbocycles. The van der Waals surface area contributed by atoms with Gasteiger partial charge in [0.15, 0.2) is 0 Å². The molecule has 0 fully saturated rings. The Morgan fingerprint density at radius 1 is 1.45 bits per heavy atom. The first-order chi connectivity index (χ1) is 9.56. The number of hydrogen-bond acceptors (Lipinski definition) is 3. The molecule has 5 nitrogen and oxygen atoms in total. The molecule has 0 spiro atoms. The number of nitrogens with zero attached hydrogens (tertiary/aromatic N) is 2. The van der Waals surface area contributed by atoms with E-state index in [-0.39, 0.29) is 6.42 Å². The molecule has 1 unspecified atom stereocenters. The summed E-state index contributed by atoms with van der Waals surface area (Å²) < 4.78 is 2.04. The van der Waals surface area contributed by atoms with Crippen molar-refractivity contribution in [3.63, 3.8) is 0 Å². The van der Waals surface area contributed by atoms with Gasteiger partial charge in [-0.25, -0.2) is 0 Å². The monoisotopic (exact) mass is 281 g/mol. The SMILES string of the molecule is CCc1cc(CNCCC(C)CCC(=O)O)n(CC)n1. The number of carbonyl (C=O) groups is 1. The average Bonchev–Trinajstić information content (AvgIpc) is 2.83. The van der Waals surface area contributed by atoms with E-state index in [1.807, 2.05) is 4.68 Å². The molecule has 5 heteroatoms. The highest BCUT2D eigenvalue weighted by Gasteiger charge is 2.07. The van der Waals surface area contributed by atoms with E-state index in [0.717, 1.165) is 44.6 Å². The van der Waals surface area contributed by atoms with Crippen molar-refractivity contribution >= 4 is 5.97 Å². The first-order valence-electron chi connectivity index (χ1n) is 7.54. The fourth-order valence-electron chi connectivity index (χ4n) is 2.18. The summed E-state index contributed by atoms with van der Waals surface area (Å²) in [4.78, 5) is 10.5. The Kier molecular flexibility index (Phi) is 7.30. The molecule has 1 rings (SSSR count). The fraction of sp³-hybridized carbons (Fsp3) is 0.733. The number of carboxylic acid groups (broad SMARTS) is 1. The molecule has 1 heterocycles.